The summed E-state index contributed by atoms with van der Waals surface area (Å²) in [5.41, 5.74) is 7.53. The van der Waals surface area contributed by atoms with E-state index in [9.17, 15) is 4.79 Å². The fourth-order valence-electron chi connectivity index (χ4n) is 4.10. The minimum absolute atomic E-state index is 0.0247. The van der Waals surface area contributed by atoms with E-state index in [4.69, 9.17) is 9.72 Å². The Labute approximate surface area is 191 Å². The van der Waals surface area contributed by atoms with Gasteiger partial charge in [-0.15, -0.1) is 0 Å². The van der Waals surface area contributed by atoms with Crippen LogP contribution in [0, 0.1) is 5.41 Å². The van der Waals surface area contributed by atoms with E-state index in [1.165, 1.54) is 12.6 Å². The van der Waals surface area contributed by atoms with Crippen LogP contribution in [0.3, 0.4) is 0 Å². The van der Waals surface area contributed by atoms with Crippen LogP contribution in [-0.4, -0.2) is 47.2 Å². The normalized spacial score (nSPS) is 15.2. The molecular formula is C26H34N4O2. The summed E-state index contributed by atoms with van der Waals surface area (Å²) in [6.07, 6.45) is 2.11. The second-order valence-corrected chi connectivity index (χ2v) is 8.87. The van der Waals surface area contributed by atoms with Crippen LogP contribution in [0.2, 0.25) is 0 Å². The van der Waals surface area contributed by atoms with Crippen molar-refractivity contribution in [1.82, 2.24) is 14.5 Å². The molecule has 0 aliphatic carbocycles. The molecule has 1 fully saturated rings. The molecule has 32 heavy (non-hydrogen) atoms. The predicted octanol–water partition coefficient (Wildman–Crippen LogP) is 4.12. The fourth-order valence-corrected chi connectivity index (χ4v) is 4.10. The molecule has 1 amide bonds. The molecule has 1 unspecified atom stereocenters. The van der Waals surface area contributed by atoms with Crippen molar-refractivity contribution >= 4 is 5.91 Å². The number of carbonyl (C=O) groups excluding carboxylic acids is 1. The number of hydrogen-bond acceptors (Lipinski definition) is 4. The van der Waals surface area contributed by atoms with E-state index in [1.54, 1.807) is 0 Å². The molecule has 0 spiro atoms. The number of ether oxygens (including phenoxy) is 1. The van der Waals surface area contributed by atoms with Gasteiger partial charge in [-0.1, -0.05) is 81.4 Å². The van der Waals surface area contributed by atoms with E-state index in [-0.39, 0.29) is 24.0 Å². The summed E-state index contributed by atoms with van der Waals surface area (Å²) in [4.78, 5) is 19.8. The highest BCUT2D eigenvalue weighted by Crippen LogP contribution is 2.39. The minimum Gasteiger partial charge on any atom is -0.370 e. The summed E-state index contributed by atoms with van der Waals surface area (Å²) in [6, 6.07) is 20.4. The van der Waals surface area contributed by atoms with Gasteiger partial charge in [0.05, 0.1) is 18.3 Å². The second-order valence-electron chi connectivity index (χ2n) is 8.87. The maximum absolute atomic E-state index is 12.8. The highest BCUT2D eigenvalue weighted by atomic mass is 16.5. The zero-order valence-electron chi connectivity index (χ0n) is 19.5. The second kappa shape index (κ2) is 10.6. The third-order valence-electron chi connectivity index (χ3n) is 5.47. The molecule has 1 atom stereocenters. The van der Waals surface area contributed by atoms with Crippen molar-refractivity contribution in [1.29, 1.82) is 0 Å². The van der Waals surface area contributed by atoms with Crippen molar-refractivity contribution in [2.75, 3.05) is 26.8 Å². The van der Waals surface area contributed by atoms with Gasteiger partial charge in [0.2, 0.25) is 5.91 Å². The van der Waals surface area contributed by atoms with Crippen LogP contribution in [0.25, 0.3) is 11.3 Å². The first-order chi connectivity index (χ1) is 15.4. The maximum Gasteiger partial charge on any atom is 0.249 e. The van der Waals surface area contributed by atoms with Gasteiger partial charge < -0.3 is 19.9 Å². The number of nitrogens with zero attached hydrogens (tertiary/aromatic N) is 3. The van der Waals surface area contributed by atoms with Crippen molar-refractivity contribution in [3.05, 3.63) is 78.2 Å². The van der Waals surface area contributed by atoms with Gasteiger partial charge in [0.25, 0.3) is 0 Å². The molecule has 170 valence electrons. The largest absolute Gasteiger partial charge is 0.370 e. The first kappa shape index (κ1) is 23.7. The van der Waals surface area contributed by atoms with Crippen molar-refractivity contribution < 1.29 is 9.53 Å². The van der Waals surface area contributed by atoms with Gasteiger partial charge in [-0.2, -0.15) is 0 Å². The van der Waals surface area contributed by atoms with Crippen molar-refractivity contribution in [2.24, 2.45) is 11.1 Å². The number of rotatable bonds is 5. The van der Waals surface area contributed by atoms with Gasteiger partial charge in [-0.25, -0.2) is 4.98 Å². The number of imidazole rings is 1. The molecule has 0 radical (unpaired) electrons. The Morgan fingerprint density at radius 2 is 1.66 bits per heavy atom. The third-order valence-corrected chi connectivity index (χ3v) is 5.47. The van der Waals surface area contributed by atoms with E-state index in [0.29, 0.717) is 19.7 Å². The number of amides is 1. The highest BCUT2D eigenvalue weighted by Gasteiger charge is 2.39. The standard InChI is InChI=1S/C25H29N3O2.CH5N/c1-25(2,3)23(28-14-15-30-18-22(28)29)24-26-21(20-12-8-5-9-13-20)17-27(24)16-19-10-6-4-7-11-19;1-2/h4-13,17,23H,14-16,18H2,1-3H3;2H2,1H3. The van der Waals surface area contributed by atoms with Gasteiger partial charge in [0.1, 0.15) is 12.4 Å². The lowest BCUT2D eigenvalue weighted by molar-refractivity contribution is -0.149. The number of carbonyl (C=O) groups is 1. The Hall–Kier alpha value is -2.96. The molecule has 2 heterocycles. The molecule has 1 aliphatic heterocycles. The highest BCUT2D eigenvalue weighted by molar-refractivity contribution is 5.78. The van der Waals surface area contributed by atoms with Gasteiger partial charge in [-0.3, -0.25) is 4.79 Å². The van der Waals surface area contributed by atoms with E-state index < -0.39 is 0 Å². The summed E-state index contributed by atoms with van der Waals surface area (Å²) in [5.74, 6) is 0.942. The molecule has 0 bridgehead atoms. The van der Waals surface area contributed by atoms with Crippen molar-refractivity contribution in [3.8, 4) is 11.3 Å². The predicted molar refractivity (Wildman–Crippen MR) is 128 cm³/mol. The van der Waals surface area contributed by atoms with Gasteiger partial charge in [0, 0.05) is 24.8 Å². The molecular weight excluding hydrogens is 400 g/mol. The number of nitrogens with two attached hydrogens (primary N) is 1. The smallest absolute Gasteiger partial charge is 0.249 e. The molecule has 1 aliphatic rings. The van der Waals surface area contributed by atoms with E-state index in [2.05, 4.69) is 73.7 Å². The molecule has 2 aromatic carbocycles. The Morgan fingerprint density at radius 1 is 1.03 bits per heavy atom. The Balaban J connectivity index is 0.00000141. The van der Waals surface area contributed by atoms with E-state index in [1.807, 2.05) is 29.2 Å². The average molecular weight is 435 g/mol. The van der Waals surface area contributed by atoms with Crippen LogP contribution < -0.4 is 5.73 Å². The molecule has 6 nitrogen and oxygen atoms in total. The minimum atomic E-state index is -0.180. The topological polar surface area (TPSA) is 73.4 Å². The Morgan fingerprint density at radius 3 is 2.25 bits per heavy atom. The maximum atomic E-state index is 12.8. The van der Waals surface area contributed by atoms with Gasteiger partial charge >= 0.3 is 0 Å². The van der Waals surface area contributed by atoms with Gasteiger partial charge in [-0.05, 0) is 18.0 Å². The average Bonchev–Trinajstić information content (AvgIpc) is 3.20. The summed E-state index contributed by atoms with van der Waals surface area (Å²) in [6.45, 7) is 8.50. The summed E-state index contributed by atoms with van der Waals surface area (Å²) < 4.78 is 7.60. The zero-order chi connectivity index (χ0) is 23.1. The number of hydrogen-bond donors (Lipinski definition) is 1. The lowest BCUT2D eigenvalue weighted by Crippen LogP contribution is -2.48. The Bertz CT molecular complexity index is 994. The number of morpholine rings is 1. The van der Waals surface area contributed by atoms with Gasteiger partial charge in [0.15, 0.2) is 0 Å². The van der Waals surface area contributed by atoms with Crippen LogP contribution in [0.5, 0.6) is 0 Å². The third kappa shape index (κ3) is 5.44. The first-order valence-corrected chi connectivity index (χ1v) is 11.0. The molecule has 1 aromatic heterocycles. The lowest BCUT2D eigenvalue weighted by atomic mass is 9.84. The molecule has 2 N–H and O–H groups in total. The van der Waals surface area contributed by atoms with Crippen molar-refractivity contribution in [3.63, 3.8) is 0 Å². The quantitative estimate of drug-likeness (QED) is 0.656. The van der Waals surface area contributed by atoms with Crippen LogP contribution >= 0.6 is 0 Å². The van der Waals surface area contributed by atoms with E-state index in [0.717, 1.165) is 17.1 Å². The van der Waals surface area contributed by atoms with Crippen LogP contribution in [-0.2, 0) is 16.1 Å². The van der Waals surface area contributed by atoms with Crippen LogP contribution in [0.15, 0.2) is 66.9 Å². The molecule has 0 saturated carbocycles. The first-order valence-electron chi connectivity index (χ1n) is 11.0. The molecule has 3 aromatic rings. The SMILES string of the molecule is CC(C)(C)C(c1nc(-c2ccccc2)cn1Cc1ccccc1)N1CCOCC1=O.CN. The van der Waals surface area contributed by atoms with Crippen LogP contribution in [0.1, 0.15) is 38.2 Å². The summed E-state index contributed by atoms with van der Waals surface area (Å²) in [7, 11) is 1.50. The van der Waals surface area contributed by atoms with Crippen molar-refractivity contribution in [2.45, 2.75) is 33.4 Å². The van der Waals surface area contributed by atoms with E-state index >= 15 is 0 Å². The number of aromatic nitrogens is 2. The molecule has 6 heteroatoms. The lowest BCUT2D eigenvalue weighted by Gasteiger charge is -2.41. The summed E-state index contributed by atoms with van der Waals surface area (Å²) in [5, 5.41) is 0. The zero-order valence-corrected chi connectivity index (χ0v) is 19.5. The van der Waals surface area contributed by atoms with Crippen LogP contribution in [0.4, 0.5) is 0 Å². The molecule has 1 saturated heterocycles. The monoisotopic (exact) mass is 434 g/mol. The summed E-state index contributed by atoms with van der Waals surface area (Å²) >= 11 is 0. The number of benzene rings is 2. The molecule has 4 rings (SSSR count). The Kier molecular flexibility index (Phi) is 7.83. The fraction of sp³-hybridized carbons (Fsp3) is 0.385.